The molecule has 0 saturated heterocycles. The topological polar surface area (TPSA) is 34.2 Å². The molecule has 0 atom stereocenters. The molecule has 1 aromatic rings. The second-order valence-corrected chi connectivity index (χ2v) is 4.71. The highest BCUT2D eigenvalue weighted by Crippen LogP contribution is 2.21. The lowest BCUT2D eigenvalue weighted by Crippen LogP contribution is -2.18. The fourth-order valence-electron chi connectivity index (χ4n) is 2.38. The number of aromatic nitrogens is 1. The summed E-state index contributed by atoms with van der Waals surface area (Å²) in [7, 11) is 1.96. The predicted octanol–water partition coefficient (Wildman–Crippen LogP) is 2.65. The van der Waals surface area contributed by atoms with Crippen molar-refractivity contribution in [1.82, 2.24) is 10.3 Å². The van der Waals surface area contributed by atoms with Crippen LogP contribution < -0.4 is 5.32 Å². The van der Waals surface area contributed by atoms with E-state index >= 15 is 0 Å². The van der Waals surface area contributed by atoms with Gasteiger partial charge < -0.3 is 10.1 Å². The van der Waals surface area contributed by atoms with Crippen LogP contribution in [0.2, 0.25) is 0 Å². The summed E-state index contributed by atoms with van der Waals surface area (Å²) in [5.74, 6) is 0. The van der Waals surface area contributed by atoms with Crippen LogP contribution in [0.5, 0.6) is 0 Å². The molecule has 1 saturated carbocycles. The summed E-state index contributed by atoms with van der Waals surface area (Å²) in [4.78, 5) is 4.42. The minimum atomic E-state index is 0.452. The second kappa shape index (κ2) is 6.72. The third kappa shape index (κ3) is 3.79. The van der Waals surface area contributed by atoms with Gasteiger partial charge in [0.1, 0.15) is 0 Å². The molecule has 0 amide bonds. The van der Waals surface area contributed by atoms with Gasteiger partial charge in [0.25, 0.3) is 0 Å². The maximum absolute atomic E-state index is 5.97. The van der Waals surface area contributed by atoms with E-state index in [4.69, 9.17) is 4.74 Å². The quantitative estimate of drug-likeness (QED) is 0.850. The first-order valence-corrected chi connectivity index (χ1v) is 6.59. The van der Waals surface area contributed by atoms with Crippen LogP contribution in [0.25, 0.3) is 0 Å². The second-order valence-electron chi connectivity index (χ2n) is 4.71. The van der Waals surface area contributed by atoms with Gasteiger partial charge in [-0.15, -0.1) is 0 Å². The van der Waals surface area contributed by atoms with Gasteiger partial charge in [-0.25, -0.2) is 0 Å². The van der Waals surface area contributed by atoms with Gasteiger partial charge in [0, 0.05) is 12.7 Å². The van der Waals surface area contributed by atoms with Gasteiger partial charge in [-0.2, -0.15) is 0 Å². The highest BCUT2D eigenvalue weighted by Gasteiger charge is 2.14. The number of ether oxygens (including phenoxy) is 1. The molecule has 1 aliphatic rings. The Bertz CT molecular complexity index is 335. The summed E-state index contributed by atoms with van der Waals surface area (Å²) in [6, 6.07) is 4.10. The van der Waals surface area contributed by atoms with Crippen LogP contribution in [-0.4, -0.2) is 18.1 Å². The fourth-order valence-corrected chi connectivity index (χ4v) is 2.38. The highest BCUT2D eigenvalue weighted by atomic mass is 16.5. The Morgan fingerprint density at radius 1 is 1.35 bits per heavy atom. The molecule has 17 heavy (non-hydrogen) atoms. The minimum Gasteiger partial charge on any atom is -0.372 e. The van der Waals surface area contributed by atoms with Crippen molar-refractivity contribution in [3.05, 3.63) is 29.6 Å². The first kappa shape index (κ1) is 12.5. The van der Waals surface area contributed by atoms with E-state index in [0.29, 0.717) is 12.7 Å². The van der Waals surface area contributed by atoms with E-state index in [0.717, 1.165) is 12.2 Å². The molecule has 0 bridgehead atoms. The van der Waals surface area contributed by atoms with Gasteiger partial charge in [-0.3, -0.25) is 4.98 Å². The van der Waals surface area contributed by atoms with Crippen LogP contribution in [0.3, 0.4) is 0 Å². The maximum Gasteiger partial charge on any atom is 0.0894 e. The number of pyridine rings is 1. The number of hydrogen-bond acceptors (Lipinski definition) is 3. The minimum absolute atomic E-state index is 0.452. The van der Waals surface area contributed by atoms with Gasteiger partial charge in [0.15, 0.2) is 0 Å². The molecule has 3 heteroatoms. The number of nitrogens with zero attached hydrogens (tertiary/aromatic N) is 1. The zero-order chi connectivity index (χ0) is 11.9. The summed E-state index contributed by atoms with van der Waals surface area (Å²) in [5, 5.41) is 3.17. The van der Waals surface area contributed by atoms with Crippen LogP contribution in [0.4, 0.5) is 0 Å². The van der Waals surface area contributed by atoms with Gasteiger partial charge in [-0.05, 0) is 31.5 Å². The van der Waals surface area contributed by atoms with Crippen molar-refractivity contribution in [2.75, 3.05) is 7.05 Å². The van der Waals surface area contributed by atoms with E-state index in [2.05, 4.69) is 16.4 Å². The molecular weight excluding hydrogens is 212 g/mol. The standard InChI is InChI=1S/C14H22N2O/c1-15-10-12-6-5-9-16-14(12)11-17-13-7-3-2-4-8-13/h5-6,9,13,15H,2-4,7-8,10-11H2,1H3. The fraction of sp³-hybridized carbons (Fsp3) is 0.643. The smallest absolute Gasteiger partial charge is 0.0894 e. The van der Waals surface area contributed by atoms with Crippen LogP contribution in [-0.2, 0) is 17.9 Å². The van der Waals surface area contributed by atoms with Gasteiger partial charge in [0.05, 0.1) is 18.4 Å². The summed E-state index contributed by atoms with van der Waals surface area (Å²) >= 11 is 0. The van der Waals surface area contributed by atoms with E-state index in [9.17, 15) is 0 Å². The first-order chi connectivity index (χ1) is 8.40. The van der Waals surface area contributed by atoms with Crippen LogP contribution in [0, 0.1) is 0 Å². The van der Waals surface area contributed by atoms with Crippen molar-refractivity contribution in [2.24, 2.45) is 0 Å². The molecule has 1 aromatic heterocycles. The molecular formula is C14H22N2O. The van der Waals surface area contributed by atoms with E-state index in [1.54, 1.807) is 0 Å². The molecule has 1 fully saturated rings. The van der Waals surface area contributed by atoms with Crippen LogP contribution >= 0.6 is 0 Å². The zero-order valence-corrected chi connectivity index (χ0v) is 10.6. The van der Waals surface area contributed by atoms with Crippen LogP contribution in [0.15, 0.2) is 18.3 Å². The van der Waals surface area contributed by atoms with Gasteiger partial charge in [0.2, 0.25) is 0 Å². The Morgan fingerprint density at radius 2 is 2.18 bits per heavy atom. The Balaban J connectivity index is 1.88. The first-order valence-electron chi connectivity index (χ1n) is 6.59. The van der Waals surface area contributed by atoms with E-state index in [-0.39, 0.29) is 0 Å². The van der Waals surface area contributed by atoms with Crippen molar-refractivity contribution in [2.45, 2.75) is 51.4 Å². The monoisotopic (exact) mass is 234 g/mol. The number of nitrogens with one attached hydrogen (secondary N) is 1. The lowest BCUT2D eigenvalue weighted by atomic mass is 9.98. The molecule has 0 spiro atoms. The number of hydrogen-bond donors (Lipinski definition) is 1. The average Bonchev–Trinajstić information content (AvgIpc) is 2.39. The van der Waals surface area contributed by atoms with Crippen LogP contribution in [0.1, 0.15) is 43.4 Å². The lowest BCUT2D eigenvalue weighted by Gasteiger charge is -2.22. The molecule has 2 rings (SSSR count). The molecule has 1 heterocycles. The van der Waals surface area contributed by atoms with Crippen molar-refractivity contribution in [1.29, 1.82) is 0 Å². The molecule has 94 valence electrons. The molecule has 0 unspecified atom stereocenters. The third-order valence-electron chi connectivity index (χ3n) is 3.36. The molecule has 0 aromatic carbocycles. The summed E-state index contributed by atoms with van der Waals surface area (Å²) < 4.78 is 5.97. The van der Waals surface area contributed by atoms with Crippen molar-refractivity contribution in [3.63, 3.8) is 0 Å². The third-order valence-corrected chi connectivity index (χ3v) is 3.36. The summed E-state index contributed by atoms with van der Waals surface area (Å²) in [6.45, 7) is 1.51. The van der Waals surface area contributed by atoms with Crippen molar-refractivity contribution >= 4 is 0 Å². The Morgan fingerprint density at radius 3 is 2.94 bits per heavy atom. The molecule has 0 aliphatic heterocycles. The Labute approximate surface area is 104 Å². The normalized spacial score (nSPS) is 17.2. The zero-order valence-electron chi connectivity index (χ0n) is 10.6. The maximum atomic E-state index is 5.97. The highest BCUT2D eigenvalue weighted by molar-refractivity contribution is 5.18. The Hall–Kier alpha value is -0.930. The number of rotatable bonds is 5. The van der Waals surface area contributed by atoms with Gasteiger partial charge >= 0.3 is 0 Å². The Kier molecular flexibility index (Phi) is 4.95. The van der Waals surface area contributed by atoms with Crippen molar-refractivity contribution in [3.8, 4) is 0 Å². The largest absolute Gasteiger partial charge is 0.372 e. The van der Waals surface area contributed by atoms with Crippen molar-refractivity contribution < 1.29 is 4.74 Å². The van der Waals surface area contributed by atoms with E-state index in [1.165, 1.54) is 37.7 Å². The van der Waals surface area contributed by atoms with E-state index in [1.807, 2.05) is 19.3 Å². The molecule has 0 radical (unpaired) electrons. The predicted molar refractivity (Wildman–Crippen MR) is 68.7 cm³/mol. The summed E-state index contributed by atoms with van der Waals surface area (Å²) in [6.07, 6.45) is 8.73. The molecule has 1 aliphatic carbocycles. The molecule has 3 nitrogen and oxygen atoms in total. The summed E-state index contributed by atoms with van der Waals surface area (Å²) in [5.41, 5.74) is 2.32. The molecule has 1 N–H and O–H groups in total. The average molecular weight is 234 g/mol. The van der Waals surface area contributed by atoms with E-state index < -0.39 is 0 Å². The lowest BCUT2D eigenvalue weighted by molar-refractivity contribution is 0.0149. The van der Waals surface area contributed by atoms with Gasteiger partial charge in [-0.1, -0.05) is 25.3 Å². The SMILES string of the molecule is CNCc1cccnc1COC1CCCCC1.